The molecule has 1 aliphatic rings. The zero-order valence-corrected chi connectivity index (χ0v) is 16.6. The predicted octanol–water partition coefficient (Wildman–Crippen LogP) is 3.90. The Morgan fingerprint density at radius 2 is 2.00 bits per heavy atom. The van der Waals surface area contributed by atoms with Crippen LogP contribution in [0.1, 0.15) is 5.56 Å². The Labute approximate surface area is 177 Å². The van der Waals surface area contributed by atoms with Crippen molar-refractivity contribution in [1.29, 1.82) is 0 Å². The van der Waals surface area contributed by atoms with Crippen LogP contribution in [0.25, 0.3) is 11.5 Å². The van der Waals surface area contributed by atoms with Crippen molar-refractivity contribution in [2.75, 3.05) is 18.2 Å². The number of carbonyl (C=O) groups excluding carboxylic acids is 1. The summed E-state index contributed by atoms with van der Waals surface area (Å²) < 4.78 is 10.4. The van der Waals surface area contributed by atoms with Gasteiger partial charge in [0.2, 0.25) is 0 Å². The maximum Gasteiger partial charge on any atom is 0.408 e. The molecule has 1 atom stereocenters. The van der Waals surface area contributed by atoms with Crippen LogP contribution in [-0.4, -0.2) is 41.1 Å². The van der Waals surface area contributed by atoms with E-state index in [1.807, 2.05) is 42.5 Å². The van der Waals surface area contributed by atoms with Crippen LogP contribution in [0, 0.1) is 0 Å². The third kappa shape index (κ3) is 4.33. The summed E-state index contributed by atoms with van der Waals surface area (Å²) in [6.45, 7) is 3.96. The number of benzene rings is 2. The SMILES string of the molecule is C=CCOC(=O)NC1CN(c2noc(-c3ccccc3)n2)N=C1c1ccc(Cl)cc1. The molecule has 1 aromatic heterocycles. The Hall–Kier alpha value is -3.65. The molecule has 0 fully saturated rings. The van der Waals surface area contributed by atoms with Gasteiger partial charge in [0, 0.05) is 16.1 Å². The van der Waals surface area contributed by atoms with Crippen molar-refractivity contribution in [2.24, 2.45) is 5.10 Å². The molecule has 1 amide bonds. The number of hydrazone groups is 1. The highest BCUT2D eigenvalue weighted by Crippen LogP contribution is 2.24. The van der Waals surface area contributed by atoms with Crippen molar-refractivity contribution in [3.05, 3.63) is 77.8 Å². The van der Waals surface area contributed by atoms with Gasteiger partial charge in [-0.15, -0.1) is 0 Å². The predicted molar refractivity (Wildman–Crippen MR) is 114 cm³/mol. The van der Waals surface area contributed by atoms with Crippen molar-refractivity contribution in [3.63, 3.8) is 0 Å². The van der Waals surface area contributed by atoms with Gasteiger partial charge in [-0.05, 0) is 29.4 Å². The first kappa shape index (κ1) is 19.7. The Morgan fingerprint density at radius 1 is 1.23 bits per heavy atom. The van der Waals surface area contributed by atoms with Gasteiger partial charge in [-0.3, -0.25) is 0 Å². The molecule has 9 heteroatoms. The summed E-state index contributed by atoms with van der Waals surface area (Å²) in [6.07, 6.45) is 0.931. The molecule has 0 spiro atoms. The molecule has 30 heavy (non-hydrogen) atoms. The quantitative estimate of drug-likeness (QED) is 0.604. The number of ether oxygens (including phenoxy) is 1. The van der Waals surface area contributed by atoms with Gasteiger partial charge in [0.1, 0.15) is 6.61 Å². The van der Waals surface area contributed by atoms with E-state index in [2.05, 4.69) is 27.1 Å². The first-order chi connectivity index (χ1) is 14.6. The van der Waals surface area contributed by atoms with E-state index in [1.54, 1.807) is 17.1 Å². The molecule has 4 rings (SSSR count). The minimum absolute atomic E-state index is 0.112. The highest BCUT2D eigenvalue weighted by Gasteiger charge is 2.32. The van der Waals surface area contributed by atoms with Crippen LogP contribution in [0.5, 0.6) is 0 Å². The molecule has 0 saturated carbocycles. The number of hydrogen-bond donors (Lipinski definition) is 1. The number of carbonyl (C=O) groups is 1. The molecule has 2 aromatic carbocycles. The summed E-state index contributed by atoms with van der Waals surface area (Å²) in [7, 11) is 0. The van der Waals surface area contributed by atoms with Crippen LogP contribution >= 0.6 is 11.6 Å². The lowest BCUT2D eigenvalue weighted by Crippen LogP contribution is -2.43. The average Bonchev–Trinajstić information content (AvgIpc) is 3.41. The number of alkyl carbamates (subject to hydrolysis) is 1. The number of aromatic nitrogens is 2. The Morgan fingerprint density at radius 3 is 2.73 bits per heavy atom. The zero-order chi connectivity index (χ0) is 20.9. The smallest absolute Gasteiger partial charge is 0.408 e. The fourth-order valence-electron chi connectivity index (χ4n) is 2.96. The minimum atomic E-state index is -0.568. The first-order valence-corrected chi connectivity index (χ1v) is 9.57. The minimum Gasteiger partial charge on any atom is -0.445 e. The third-order valence-corrected chi connectivity index (χ3v) is 4.60. The highest BCUT2D eigenvalue weighted by atomic mass is 35.5. The summed E-state index contributed by atoms with van der Waals surface area (Å²) in [5, 5.41) is 13.6. The van der Waals surface area contributed by atoms with E-state index in [9.17, 15) is 4.79 Å². The van der Waals surface area contributed by atoms with Crippen LogP contribution in [0.2, 0.25) is 5.02 Å². The summed E-state index contributed by atoms with van der Waals surface area (Å²) >= 11 is 6.00. The van der Waals surface area contributed by atoms with Gasteiger partial charge in [0.25, 0.3) is 11.8 Å². The Balaban J connectivity index is 1.60. The number of hydrogen-bond acceptors (Lipinski definition) is 7. The van der Waals surface area contributed by atoms with Crippen molar-refractivity contribution in [3.8, 4) is 11.5 Å². The molecule has 0 saturated heterocycles. The summed E-state index contributed by atoms with van der Waals surface area (Å²) in [6, 6.07) is 16.2. The molecular formula is C21H18ClN5O3. The van der Waals surface area contributed by atoms with E-state index < -0.39 is 12.1 Å². The maximum atomic E-state index is 12.1. The molecule has 0 aliphatic carbocycles. The van der Waals surface area contributed by atoms with Gasteiger partial charge < -0.3 is 14.6 Å². The maximum absolute atomic E-state index is 12.1. The van der Waals surface area contributed by atoms with Gasteiger partial charge in [-0.25, -0.2) is 9.80 Å². The van der Waals surface area contributed by atoms with Crippen LogP contribution in [-0.2, 0) is 4.74 Å². The molecule has 1 unspecified atom stereocenters. The topological polar surface area (TPSA) is 92.8 Å². The average molecular weight is 424 g/mol. The molecule has 2 heterocycles. The second kappa shape index (κ2) is 8.79. The molecule has 8 nitrogen and oxygen atoms in total. The lowest BCUT2D eigenvalue weighted by Gasteiger charge is -2.15. The molecule has 3 aromatic rings. The van der Waals surface area contributed by atoms with Gasteiger partial charge in [0.05, 0.1) is 18.3 Å². The largest absolute Gasteiger partial charge is 0.445 e. The second-order valence-corrected chi connectivity index (χ2v) is 6.86. The fraction of sp³-hybridized carbons (Fsp3) is 0.143. The fourth-order valence-corrected chi connectivity index (χ4v) is 3.08. The highest BCUT2D eigenvalue weighted by molar-refractivity contribution is 6.30. The molecule has 1 aliphatic heterocycles. The van der Waals surface area contributed by atoms with Gasteiger partial charge in [0.15, 0.2) is 0 Å². The lowest BCUT2D eigenvalue weighted by molar-refractivity contribution is 0.157. The van der Waals surface area contributed by atoms with Gasteiger partial charge >= 0.3 is 6.09 Å². The number of amides is 1. The standard InChI is InChI=1S/C21H18ClN5O3/c1-2-12-29-21(28)23-17-13-27(25-18(17)14-8-10-16(22)11-9-14)20-24-19(30-26-20)15-6-4-3-5-7-15/h2-11,17H,1,12-13H2,(H,23,28). The lowest BCUT2D eigenvalue weighted by atomic mass is 10.0. The van der Waals surface area contributed by atoms with E-state index in [0.717, 1.165) is 11.1 Å². The molecule has 1 N–H and O–H groups in total. The summed E-state index contributed by atoms with van der Waals surface area (Å²) in [4.78, 5) is 16.5. The van der Waals surface area contributed by atoms with Gasteiger partial charge in [-0.2, -0.15) is 10.1 Å². The Bertz CT molecular complexity index is 1070. The van der Waals surface area contributed by atoms with Gasteiger partial charge in [-0.1, -0.05) is 54.6 Å². The second-order valence-electron chi connectivity index (χ2n) is 6.42. The van der Waals surface area contributed by atoms with E-state index >= 15 is 0 Å². The molecule has 0 radical (unpaired) electrons. The van der Waals surface area contributed by atoms with Crippen LogP contribution in [0.15, 0.2) is 76.9 Å². The van der Waals surface area contributed by atoms with Crippen LogP contribution in [0.3, 0.4) is 0 Å². The summed E-state index contributed by atoms with van der Waals surface area (Å²) in [5.41, 5.74) is 2.25. The van der Waals surface area contributed by atoms with E-state index in [1.165, 1.54) is 6.08 Å². The molecule has 0 bridgehead atoms. The number of nitrogens with one attached hydrogen (secondary N) is 1. The molecular weight excluding hydrogens is 406 g/mol. The normalized spacial score (nSPS) is 15.6. The van der Waals surface area contributed by atoms with E-state index in [-0.39, 0.29) is 6.61 Å². The van der Waals surface area contributed by atoms with Crippen molar-refractivity contribution in [2.45, 2.75) is 6.04 Å². The van der Waals surface area contributed by atoms with Crippen molar-refractivity contribution in [1.82, 2.24) is 15.5 Å². The first-order valence-electron chi connectivity index (χ1n) is 9.19. The van der Waals surface area contributed by atoms with E-state index in [0.29, 0.717) is 29.1 Å². The van der Waals surface area contributed by atoms with E-state index in [4.69, 9.17) is 20.9 Å². The third-order valence-electron chi connectivity index (χ3n) is 4.35. The molecule has 152 valence electrons. The van der Waals surface area contributed by atoms with Crippen molar-refractivity contribution >= 4 is 29.4 Å². The van der Waals surface area contributed by atoms with Crippen LogP contribution < -0.4 is 10.3 Å². The number of rotatable bonds is 6. The number of nitrogens with zero attached hydrogens (tertiary/aromatic N) is 4. The Kier molecular flexibility index (Phi) is 5.76. The zero-order valence-electron chi connectivity index (χ0n) is 15.9. The number of anilines is 1. The number of halogens is 1. The monoisotopic (exact) mass is 423 g/mol. The van der Waals surface area contributed by atoms with Crippen LogP contribution in [0.4, 0.5) is 10.7 Å². The summed E-state index contributed by atoms with van der Waals surface area (Å²) in [5.74, 6) is 0.680. The van der Waals surface area contributed by atoms with Crippen molar-refractivity contribution < 1.29 is 14.1 Å².